The highest BCUT2D eigenvalue weighted by Gasteiger charge is 2.29. The molecule has 60 valence electrons. The summed E-state index contributed by atoms with van der Waals surface area (Å²) in [5.41, 5.74) is -0.845. The van der Waals surface area contributed by atoms with Gasteiger partial charge in [0.1, 0.15) is 5.60 Å². The molecule has 4 heteroatoms. The molecule has 1 rings (SSSR count). The van der Waals surface area contributed by atoms with Crippen molar-refractivity contribution in [3.63, 3.8) is 0 Å². The van der Waals surface area contributed by atoms with Crippen LogP contribution >= 0.6 is 11.6 Å². The molecule has 3 nitrogen and oxygen atoms in total. The van der Waals surface area contributed by atoms with Gasteiger partial charge in [-0.25, -0.2) is 0 Å². The molecule has 0 amide bonds. The van der Waals surface area contributed by atoms with Crippen molar-refractivity contribution in [2.45, 2.75) is 18.8 Å². The molecule has 0 aromatic carbocycles. The predicted molar refractivity (Wildman–Crippen MR) is 37.0 cm³/mol. The maximum absolute atomic E-state index is 9.29. The van der Waals surface area contributed by atoms with Crippen molar-refractivity contribution in [2.75, 3.05) is 19.1 Å². The predicted octanol–water partition coefficient (Wildman–Crippen LogP) is 0.349. The first-order chi connectivity index (χ1) is 4.64. The highest BCUT2D eigenvalue weighted by Crippen LogP contribution is 2.15. The summed E-state index contributed by atoms with van der Waals surface area (Å²) >= 11 is 5.44. The number of aliphatic hydroxyl groups is 1. The number of halogens is 1. The summed E-state index contributed by atoms with van der Waals surface area (Å²) < 4.78 is 10.1. The van der Waals surface area contributed by atoms with Gasteiger partial charge in [0, 0.05) is 0 Å². The van der Waals surface area contributed by atoms with E-state index < -0.39 is 5.60 Å². The normalized spacial score (nSPS) is 41.7. The number of ether oxygens (including phenoxy) is 2. The highest BCUT2D eigenvalue weighted by molar-refractivity contribution is 6.18. The summed E-state index contributed by atoms with van der Waals surface area (Å²) in [7, 11) is 0. The Kier molecular flexibility index (Phi) is 2.52. The monoisotopic (exact) mass is 166 g/mol. The van der Waals surface area contributed by atoms with Crippen LogP contribution in [0.5, 0.6) is 0 Å². The third kappa shape index (κ3) is 2.09. The Morgan fingerprint density at radius 1 is 1.60 bits per heavy atom. The average Bonchev–Trinajstić information content (AvgIpc) is 1.88. The number of hydrogen-bond donors (Lipinski definition) is 1. The van der Waals surface area contributed by atoms with Crippen LogP contribution < -0.4 is 0 Å². The molecule has 1 aliphatic heterocycles. The van der Waals surface area contributed by atoms with Crippen molar-refractivity contribution >= 4 is 11.6 Å². The van der Waals surface area contributed by atoms with E-state index in [1.165, 1.54) is 0 Å². The van der Waals surface area contributed by atoms with Crippen molar-refractivity contribution in [1.29, 1.82) is 0 Å². The summed E-state index contributed by atoms with van der Waals surface area (Å²) in [6.45, 7) is 2.26. The second-order valence-corrected chi connectivity index (χ2v) is 3.01. The summed E-state index contributed by atoms with van der Waals surface area (Å²) in [5, 5.41) is 9.29. The van der Waals surface area contributed by atoms with Crippen LogP contribution in [-0.4, -0.2) is 36.1 Å². The van der Waals surface area contributed by atoms with Crippen molar-refractivity contribution in [1.82, 2.24) is 0 Å². The molecule has 0 saturated carbocycles. The number of rotatable bonds is 1. The lowest BCUT2D eigenvalue weighted by atomic mass is 10.1. The van der Waals surface area contributed by atoms with Gasteiger partial charge in [-0.05, 0) is 6.92 Å². The zero-order chi connectivity index (χ0) is 7.61. The Morgan fingerprint density at radius 2 is 2.10 bits per heavy atom. The summed E-state index contributed by atoms with van der Waals surface area (Å²) in [4.78, 5) is 0. The summed E-state index contributed by atoms with van der Waals surface area (Å²) in [6.07, 6.45) is -0.345. The minimum Gasteiger partial charge on any atom is -0.385 e. The van der Waals surface area contributed by atoms with Gasteiger partial charge in [-0.2, -0.15) is 0 Å². The summed E-state index contributed by atoms with van der Waals surface area (Å²) in [5.74, 6) is 0.316. The van der Waals surface area contributed by atoms with Gasteiger partial charge in [0.25, 0.3) is 0 Å². The lowest BCUT2D eigenvalue weighted by Gasteiger charge is -2.32. The molecule has 1 fully saturated rings. The maximum atomic E-state index is 9.29. The van der Waals surface area contributed by atoms with E-state index in [1.54, 1.807) is 6.92 Å². The molecule has 1 aliphatic rings. The van der Waals surface area contributed by atoms with Crippen LogP contribution in [0.4, 0.5) is 0 Å². The van der Waals surface area contributed by atoms with Crippen LogP contribution in [0.15, 0.2) is 0 Å². The minimum atomic E-state index is -0.845. The van der Waals surface area contributed by atoms with E-state index in [9.17, 15) is 5.11 Å². The molecule has 0 spiro atoms. The van der Waals surface area contributed by atoms with E-state index in [0.717, 1.165) is 0 Å². The van der Waals surface area contributed by atoms with Crippen molar-refractivity contribution in [3.8, 4) is 0 Å². The van der Waals surface area contributed by atoms with Crippen LogP contribution in [0.1, 0.15) is 6.92 Å². The minimum absolute atomic E-state index is 0.296. The Labute approximate surface area is 64.9 Å². The van der Waals surface area contributed by atoms with Gasteiger partial charge in [-0.3, -0.25) is 0 Å². The Morgan fingerprint density at radius 3 is 2.50 bits per heavy atom. The van der Waals surface area contributed by atoms with E-state index in [-0.39, 0.29) is 6.29 Å². The van der Waals surface area contributed by atoms with Gasteiger partial charge >= 0.3 is 0 Å². The smallest absolute Gasteiger partial charge is 0.171 e. The standard InChI is InChI=1S/C6H11ClO3/c1-6(8)3-9-5(2-7)10-4-6/h5,8H,2-4H2,1H3. The molecule has 0 aromatic heterocycles. The van der Waals surface area contributed by atoms with Gasteiger partial charge in [0.2, 0.25) is 0 Å². The molecule has 1 N–H and O–H groups in total. The van der Waals surface area contributed by atoms with E-state index in [0.29, 0.717) is 19.1 Å². The largest absolute Gasteiger partial charge is 0.385 e. The van der Waals surface area contributed by atoms with Crippen LogP contribution in [0.2, 0.25) is 0 Å². The molecule has 1 saturated heterocycles. The van der Waals surface area contributed by atoms with E-state index in [1.807, 2.05) is 0 Å². The van der Waals surface area contributed by atoms with E-state index >= 15 is 0 Å². The van der Waals surface area contributed by atoms with Crippen LogP contribution in [0.3, 0.4) is 0 Å². The third-order valence-corrected chi connectivity index (χ3v) is 1.54. The highest BCUT2D eigenvalue weighted by atomic mass is 35.5. The van der Waals surface area contributed by atoms with Crippen LogP contribution in [0.25, 0.3) is 0 Å². The quantitative estimate of drug-likeness (QED) is 0.572. The molecule has 0 radical (unpaired) electrons. The zero-order valence-electron chi connectivity index (χ0n) is 5.84. The molecule has 10 heavy (non-hydrogen) atoms. The van der Waals surface area contributed by atoms with Crippen molar-refractivity contribution in [3.05, 3.63) is 0 Å². The lowest BCUT2D eigenvalue weighted by molar-refractivity contribution is -0.237. The molecular weight excluding hydrogens is 156 g/mol. The van der Waals surface area contributed by atoms with Crippen LogP contribution in [-0.2, 0) is 9.47 Å². The second-order valence-electron chi connectivity index (χ2n) is 2.70. The first kappa shape index (κ1) is 8.27. The Balaban J connectivity index is 2.31. The molecule has 0 atom stereocenters. The summed E-state index contributed by atoms with van der Waals surface area (Å²) in [6, 6.07) is 0. The van der Waals surface area contributed by atoms with Gasteiger partial charge in [-0.1, -0.05) is 0 Å². The van der Waals surface area contributed by atoms with Gasteiger partial charge in [0.05, 0.1) is 19.1 Å². The third-order valence-electron chi connectivity index (χ3n) is 1.29. The first-order valence-corrected chi connectivity index (χ1v) is 3.69. The fourth-order valence-electron chi connectivity index (χ4n) is 0.724. The van der Waals surface area contributed by atoms with Crippen LogP contribution in [0, 0.1) is 0 Å². The van der Waals surface area contributed by atoms with Crippen molar-refractivity contribution < 1.29 is 14.6 Å². The Bertz CT molecular complexity index is 106. The number of alkyl halides is 1. The van der Waals surface area contributed by atoms with E-state index in [4.69, 9.17) is 21.1 Å². The fraction of sp³-hybridized carbons (Fsp3) is 1.00. The fourth-order valence-corrected chi connectivity index (χ4v) is 0.902. The van der Waals surface area contributed by atoms with Crippen molar-refractivity contribution in [2.24, 2.45) is 0 Å². The maximum Gasteiger partial charge on any atom is 0.171 e. The van der Waals surface area contributed by atoms with Gasteiger partial charge in [0.15, 0.2) is 6.29 Å². The number of hydrogen-bond acceptors (Lipinski definition) is 3. The topological polar surface area (TPSA) is 38.7 Å². The Hall–Kier alpha value is 0.170. The SMILES string of the molecule is CC1(O)COC(CCl)OC1. The molecule has 0 aliphatic carbocycles. The lowest BCUT2D eigenvalue weighted by Crippen LogP contribution is -2.45. The van der Waals surface area contributed by atoms with Gasteiger partial charge < -0.3 is 14.6 Å². The molecule has 1 heterocycles. The second kappa shape index (κ2) is 3.05. The van der Waals surface area contributed by atoms with Gasteiger partial charge in [-0.15, -0.1) is 11.6 Å². The first-order valence-electron chi connectivity index (χ1n) is 3.15. The average molecular weight is 167 g/mol. The zero-order valence-corrected chi connectivity index (χ0v) is 6.60. The molecular formula is C6H11ClO3. The molecule has 0 aromatic rings. The molecule has 0 unspecified atom stereocenters. The molecule has 0 bridgehead atoms. The van der Waals surface area contributed by atoms with E-state index in [2.05, 4.69) is 0 Å².